The Kier molecular flexibility index (Phi) is 3.71. The molecular formula is C10H11NO5. The average Bonchev–Trinajstić information content (AvgIpc) is 2.25. The number of hydrogen-bond donors (Lipinski definition) is 2. The molecule has 0 saturated heterocycles. The van der Waals surface area contributed by atoms with Crippen LogP contribution in [0.2, 0.25) is 0 Å². The Morgan fingerprint density at radius 3 is 2.62 bits per heavy atom. The van der Waals surface area contributed by atoms with Crippen molar-refractivity contribution in [3.8, 4) is 5.75 Å². The van der Waals surface area contributed by atoms with E-state index < -0.39 is 18.5 Å². The Balaban J connectivity index is 2.77. The summed E-state index contributed by atoms with van der Waals surface area (Å²) < 4.78 is 9.39. The minimum absolute atomic E-state index is 0.180. The second-order valence-corrected chi connectivity index (χ2v) is 2.93. The van der Waals surface area contributed by atoms with Crippen molar-refractivity contribution in [2.75, 3.05) is 19.5 Å². The van der Waals surface area contributed by atoms with Crippen molar-refractivity contribution >= 4 is 17.6 Å². The number of aliphatic carboxylic acids is 1. The van der Waals surface area contributed by atoms with Gasteiger partial charge in [-0.15, -0.1) is 0 Å². The molecule has 0 heterocycles. The zero-order chi connectivity index (χ0) is 12.1. The molecule has 0 radical (unpaired) electrons. The first-order valence-corrected chi connectivity index (χ1v) is 4.37. The molecule has 1 rings (SSSR count). The number of rotatable bonds is 4. The first-order chi connectivity index (χ1) is 7.54. The third-order valence-electron chi connectivity index (χ3n) is 1.79. The summed E-state index contributed by atoms with van der Waals surface area (Å²) in [6.07, 6.45) is 0. The minimum atomic E-state index is -1.21. The maximum absolute atomic E-state index is 11.3. The fourth-order valence-corrected chi connectivity index (χ4v) is 1.07. The van der Waals surface area contributed by atoms with Gasteiger partial charge in [-0.05, 0) is 18.2 Å². The standard InChI is InChI=1S/C10H11NO5/c1-15-8-3-2-6(4-7(8)11)10(14)16-5-9(12)13/h2-4H,5,11H2,1H3,(H,12,13). The van der Waals surface area contributed by atoms with Gasteiger partial charge in [0.2, 0.25) is 0 Å². The number of benzene rings is 1. The molecule has 0 fully saturated rings. The third kappa shape index (κ3) is 2.88. The summed E-state index contributed by atoms with van der Waals surface area (Å²) in [5.41, 5.74) is 6.04. The van der Waals surface area contributed by atoms with Gasteiger partial charge in [0.25, 0.3) is 0 Å². The second-order valence-electron chi connectivity index (χ2n) is 2.93. The highest BCUT2D eigenvalue weighted by molar-refractivity contribution is 5.92. The van der Waals surface area contributed by atoms with Gasteiger partial charge in [0.15, 0.2) is 6.61 Å². The van der Waals surface area contributed by atoms with Crippen LogP contribution in [0.4, 0.5) is 5.69 Å². The van der Waals surface area contributed by atoms with Gasteiger partial charge in [-0.1, -0.05) is 0 Å². The first kappa shape index (κ1) is 11.8. The first-order valence-electron chi connectivity index (χ1n) is 4.37. The van der Waals surface area contributed by atoms with Crippen LogP contribution in [0.25, 0.3) is 0 Å². The summed E-state index contributed by atoms with van der Waals surface area (Å²) in [5, 5.41) is 8.32. The molecule has 0 aliphatic heterocycles. The Labute approximate surface area is 91.6 Å². The van der Waals surface area contributed by atoms with E-state index >= 15 is 0 Å². The molecule has 0 amide bonds. The molecular weight excluding hydrogens is 214 g/mol. The number of anilines is 1. The van der Waals surface area contributed by atoms with Crippen LogP contribution >= 0.6 is 0 Å². The number of carboxylic acids is 1. The summed E-state index contributed by atoms with van der Waals surface area (Å²) in [5.74, 6) is -1.51. The second kappa shape index (κ2) is 5.01. The lowest BCUT2D eigenvalue weighted by Crippen LogP contribution is -2.13. The van der Waals surface area contributed by atoms with E-state index in [9.17, 15) is 9.59 Å². The summed E-state index contributed by atoms with van der Waals surface area (Å²) in [6.45, 7) is -0.676. The summed E-state index contributed by atoms with van der Waals surface area (Å²) in [6, 6.07) is 4.31. The smallest absolute Gasteiger partial charge is 0.341 e. The monoisotopic (exact) mass is 225 g/mol. The molecule has 1 aromatic carbocycles. The van der Waals surface area contributed by atoms with Crippen molar-refractivity contribution in [3.05, 3.63) is 23.8 Å². The number of nitrogens with two attached hydrogens (primary N) is 1. The van der Waals surface area contributed by atoms with Crippen LogP contribution in [0, 0.1) is 0 Å². The van der Waals surface area contributed by atoms with Gasteiger partial charge in [0, 0.05) is 0 Å². The number of carbonyl (C=O) groups is 2. The molecule has 0 aliphatic carbocycles. The zero-order valence-electron chi connectivity index (χ0n) is 8.60. The highest BCUT2D eigenvalue weighted by atomic mass is 16.5. The molecule has 1 aromatic rings. The minimum Gasteiger partial charge on any atom is -0.495 e. The summed E-state index contributed by atoms with van der Waals surface area (Å²) in [4.78, 5) is 21.5. The Morgan fingerprint density at radius 1 is 1.44 bits per heavy atom. The molecule has 3 N–H and O–H groups in total. The van der Waals surface area contributed by atoms with E-state index in [2.05, 4.69) is 4.74 Å². The van der Waals surface area contributed by atoms with Crippen LogP contribution in [0.1, 0.15) is 10.4 Å². The van der Waals surface area contributed by atoms with Crippen LogP contribution in [0.5, 0.6) is 5.75 Å². The molecule has 16 heavy (non-hydrogen) atoms. The van der Waals surface area contributed by atoms with Gasteiger partial charge in [0.05, 0.1) is 18.4 Å². The lowest BCUT2D eigenvalue weighted by Gasteiger charge is -2.06. The van der Waals surface area contributed by atoms with Crippen LogP contribution in [-0.4, -0.2) is 30.8 Å². The third-order valence-corrected chi connectivity index (χ3v) is 1.79. The number of carbonyl (C=O) groups excluding carboxylic acids is 1. The number of methoxy groups -OCH3 is 1. The van der Waals surface area contributed by atoms with Crippen LogP contribution in [0.3, 0.4) is 0 Å². The van der Waals surface area contributed by atoms with Gasteiger partial charge in [-0.25, -0.2) is 9.59 Å². The number of esters is 1. The van der Waals surface area contributed by atoms with Crippen LogP contribution < -0.4 is 10.5 Å². The van der Waals surface area contributed by atoms with E-state index in [0.717, 1.165) is 0 Å². The fraction of sp³-hybridized carbons (Fsp3) is 0.200. The summed E-state index contributed by atoms with van der Waals surface area (Å²) in [7, 11) is 1.45. The van der Waals surface area contributed by atoms with E-state index in [1.54, 1.807) is 0 Å². The molecule has 0 saturated carbocycles. The average molecular weight is 225 g/mol. The van der Waals surface area contributed by atoms with Crippen molar-refractivity contribution < 1.29 is 24.2 Å². The van der Waals surface area contributed by atoms with E-state index in [4.69, 9.17) is 15.6 Å². The highest BCUT2D eigenvalue weighted by Crippen LogP contribution is 2.22. The number of carboxylic acid groups (broad SMARTS) is 1. The largest absolute Gasteiger partial charge is 0.495 e. The van der Waals surface area contributed by atoms with Crippen LogP contribution in [0.15, 0.2) is 18.2 Å². The van der Waals surface area contributed by atoms with Gasteiger partial charge >= 0.3 is 11.9 Å². The molecule has 0 aromatic heterocycles. The van der Waals surface area contributed by atoms with Crippen molar-refractivity contribution in [2.24, 2.45) is 0 Å². The van der Waals surface area contributed by atoms with E-state index in [0.29, 0.717) is 5.75 Å². The molecule has 6 heteroatoms. The van der Waals surface area contributed by atoms with Crippen molar-refractivity contribution in [1.82, 2.24) is 0 Å². The van der Waals surface area contributed by atoms with Gasteiger partial charge in [0.1, 0.15) is 5.75 Å². The Bertz CT molecular complexity index is 416. The van der Waals surface area contributed by atoms with E-state index in [-0.39, 0.29) is 11.3 Å². The molecule has 86 valence electrons. The number of hydrogen-bond acceptors (Lipinski definition) is 5. The van der Waals surface area contributed by atoms with E-state index in [1.165, 1.54) is 25.3 Å². The lowest BCUT2D eigenvalue weighted by molar-refractivity contribution is -0.140. The number of ether oxygens (including phenoxy) is 2. The molecule has 0 unspecified atom stereocenters. The van der Waals surface area contributed by atoms with Crippen LogP contribution in [-0.2, 0) is 9.53 Å². The topological polar surface area (TPSA) is 98.8 Å². The molecule has 0 atom stereocenters. The lowest BCUT2D eigenvalue weighted by atomic mass is 10.2. The molecule has 6 nitrogen and oxygen atoms in total. The Hall–Kier alpha value is -2.24. The van der Waals surface area contributed by atoms with Crippen molar-refractivity contribution in [2.45, 2.75) is 0 Å². The number of nitrogen functional groups attached to an aromatic ring is 1. The predicted molar refractivity (Wildman–Crippen MR) is 55.3 cm³/mol. The SMILES string of the molecule is COc1ccc(C(=O)OCC(=O)O)cc1N. The molecule has 0 aliphatic rings. The maximum atomic E-state index is 11.3. The fourth-order valence-electron chi connectivity index (χ4n) is 1.07. The van der Waals surface area contributed by atoms with Crippen molar-refractivity contribution in [3.63, 3.8) is 0 Å². The van der Waals surface area contributed by atoms with Gasteiger partial charge < -0.3 is 20.3 Å². The predicted octanol–water partition coefficient (Wildman–Crippen LogP) is 0.519. The molecule has 0 bridgehead atoms. The summed E-state index contributed by atoms with van der Waals surface area (Å²) >= 11 is 0. The Morgan fingerprint density at radius 2 is 2.12 bits per heavy atom. The highest BCUT2D eigenvalue weighted by Gasteiger charge is 2.11. The van der Waals surface area contributed by atoms with E-state index in [1.807, 2.05) is 0 Å². The zero-order valence-corrected chi connectivity index (χ0v) is 8.60. The van der Waals surface area contributed by atoms with Crippen molar-refractivity contribution in [1.29, 1.82) is 0 Å². The quantitative estimate of drug-likeness (QED) is 0.572. The van der Waals surface area contributed by atoms with Gasteiger partial charge in [-0.3, -0.25) is 0 Å². The normalized spacial score (nSPS) is 9.56. The molecule has 0 spiro atoms. The maximum Gasteiger partial charge on any atom is 0.341 e. The van der Waals surface area contributed by atoms with Gasteiger partial charge in [-0.2, -0.15) is 0 Å².